The van der Waals surface area contributed by atoms with E-state index in [4.69, 9.17) is 0 Å². The number of fused-ring (bicyclic) bond motifs is 1. The second kappa shape index (κ2) is 8.72. The van der Waals surface area contributed by atoms with Gasteiger partial charge in [0, 0.05) is 30.4 Å². The van der Waals surface area contributed by atoms with Gasteiger partial charge < -0.3 is 21.3 Å². The molecule has 1 unspecified atom stereocenters. The summed E-state index contributed by atoms with van der Waals surface area (Å²) in [4.78, 5) is 36.2. The SMILES string of the molecule is CC(C)NC(=O)Nc1ccc(CNC(=O)C2CC(=O)Nc3cc(F)ccc32)cc1. The molecule has 0 bridgehead atoms. The molecule has 8 heteroatoms. The van der Waals surface area contributed by atoms with Gasteiger partial charge in [-0.15, -0.1) is 0 Å². The van der Waals surface area contributed by atoms with Crippen molar-refractivity contribution in [2.24, 2.45) is 0 Å². The van der Waals surface area contributed by atoms with Crippen molar-refractivity contribution < 1.29 is 18.8 Å². The molecule has 3 rings (SSSR count). The van der Waals surface area contributed by atoms with Crippen LogP contribution in [0.3, 0.4) is 0 Å². The van der Waals surface area contributed by atoms with Crippen LogP contribution in [-0.2, 0) is 16.1 Å². The van der Waals surface area contributed by atoms with Crippen molar-refractivity contribution in [1.82, 2.24) is 10.6 Å². The Balaban J connectivity index is 1.60. The standard InChI is InChI=1S/C21H23FN4O3/c1-12(2)24-21(29)25-15-6-3-13(4-7-15)11-23-20(28)17-10-19(27)26-18-9-14(22)5-8-16(17)18/h3-9,12,17H,10-11H2,1-2H3,(H,23,28)(H,26,27)(H2,24,25,29). The molecule has 0 saturated heterocycles. The van der Waals surface area contributed by atoms with Crippen LogP contribution in [0.25, 0.3) is 0 Å². The smallest absolute Gasteiger partial charge is 0.319 e. The Hall–Kier alpha value is -3.42. The van der Waals surface area contributed by atoms with Gasteiger partial charge in [-0.05, 0) is 49.2 Å². The zero-order chi connectivity index (χ0) is 21.0. The first-order valence-electron chi connectivity index (χ1n) is 9.35. The number of urea groups is 1. The van der Waals surface area contributed by atoms with E-state index >= 15 is 0 Å². The van der Waals surface area contributed by atoms with Crippen LogP contribution in [0.15, 0.2) is 42.5 Å². The Morgan fingerprint density at radius 3 is 2.59 bits per heavy atom. The van der Waals surface area contributed by atoms with Crippen LogP contribution in [0.4, 0.5) is 20.6 Å². The van der Waals surface area contributed by atoms with E-state index in [1.165, 1.54) is 18.2 Å². The van der Waals surface area contributed by atoms with E-state index in [9.17, 15) is 18.8 Å². The molecule has 0 radical (unpaired) electrons. The lowest BCUT2D eigenvalue weighted by atomic mass is 9.89. The van der Waals surface area contributed by atoms with Gasteiger partial charge in [0.2, 0.25) is 11.8 Å². The number of carbonyl (C=O) groups is 3. The molecule has 152 valence electrons. The molecule has 1 atom stereocenters. The Kier molecular flexibility index (Phi) is 6.11. The molecule has 1 aliphatic heterocycles. The summed E-state index contributed by atoms with van der Waals surface area (Å²) in [6.45, 7) is 4.01. The zero-order valence-electron chi connectivity index (χ0n) is 16.2. The third-order valence-corrected chi connectivity index (χ3v) is 4.47. The van der Waals surface area contributed by atoms with Gasteiger partial charge in [0.05, 0.1) is 5.92 Å². The minimum Gasteiger partial charge on any atom is -0.351 e. The number of anilines is 2. The fourth-order valence-electron chi connectivity index (χ4n) is 3.12. The Labute approximate surface area is 168 Å². The maximum absolute atomic E-state index is 13.4. The van der Waals surface area contributed by atoms with Gasteiger partial charge >= 0.3 is 6.03 Å². The third-order valence-electron chi connectivity index (χ3n) is 4.47. The van der Waals surface area contributed by atoms with Crippen LogP contribution in [0, 0.1) is 5.82 Å². The highest BCUT2D eigenvalue weighted by molar-refractivity contribution is 6.01. The quantitative estimate of drug-likeness (QED) is 0.623. The van der Waals surface area contributed by atoms with Crippen LogP contribution < -0.4 is 21.3 Å². The number of hydrogen-bond donors (Lipinski definition) is 4. The van der Waals surface area contributed by atoms with E-state index in [2.05, 4.69) is 21.3 Å². The van der Waals surface area contributed by atoms with Gasteiger partial charge in [-0.1, -0.05) is 18.2 Å². The summed E-state index contributed by atoms with van der Waals surface area (Å²) in [5.74, 6) is -1.76. The van der Waals surface area contributed by atoms with Gasteiger partial charge in [-0.25, -0.2) is 9.18 Å². The lowest BCUT2D eigenvalue weighted by Crippen LogP contribution is -2.35. The molecule has 1 heterocycles. The fraction of sp³-hybridized carbons (Fsp3) is 0.286. The number of rotatable bonds is 5. The van der Waals surface area contributed by atoms with Crippen LogP contribution in [-0.4, -0.2) is 23.9 Å². The van der Waals surface area contributed by atoms with Crippen molar-refractivity contribution in [2.75, 3.05) is 10.6 Å². The van der Waals surface area contributed by atoms with Crippen molar-refractivity contribution in [3.05, 3.63) is 59.4 Å². The summed E-state index contributed by atoms with van der Waals surface area (Å²) in [6, 6.07) is 10.8. The number of nitrogens with one attached hydrogen (secondary N) is 4. The third kappa shape index (κ3) is 5.31. The van der Waals surface area contributed by atoms with E-state index in [-0.39, 0.29) is 36.9 Å². The first kappa shape index (κ1) is 20.3. The lowest BCUT2D eigenvalue weighted by molar-refractivity contribution is -0.126. The molecular formula is C21H23FN4O3. The molecule has 0 spiro atoms. The van der Waals surface area contributed by atoms with E-state index in [1.54, 1.807) is 24.3 Å². The summed E-state index contributed by atoms with van der Waals surface area (Å²) in [6.07, 6.45) is 0.0122. The molecule has 4 amide bonds. The molecule has 0 fully saturated rings. The molecule has 2 aromatic rings. The van der Waals surface area contributed by atoms with E-state index in [0.717, 1.165) is 5.56 Å². The topological polar surface area (TPSA) is 99.3 Å². The highest BCUT2D eigenvalue weighted by Crippen LogP contribution is 2.32. The van der Waals surface area contributed by atoms with Crippen LogP contribution >= 0.6 is 0 Å². The summed E-state index contributed by atoms with van der Waals surface area (Å²) < 4.78 is 13.4. The number of halogens is 1. The largest absolute Gasteiger partial charge is 0.351 e. The molecule has 7 nitrogen and oxygen atoms in total. The molecule has 4 N–H and O–H groups in total. The molecule has 0 aliphatic carbocycles. The predicted octanol–water partition coefficient (Wildman–Crippen LogP) is 3.10. The zero-order valence-corrected chi connectivity index (χ0v) is 16.2. The minimum atomic E-state index is -0.667. The Morgan fingerprint density at radius 2 is 1.90 bits per heavy atom. The van der Waals surface area contributed by atoms with Crippen molar-refractivity contribution >= 4 is 29.2 Å². The lowest BCUT2D eigenvalue weighted by Gasteiger charge is -2.25. The van der Waals surface area contributed by atoms with Gasteiger partial charge in [0.25, 0.3) is 0 Å². The van der Waals surface area contributed by atoms with Crippen molar-refractivity contribution in [1.29, 1.82) is 0 Å². The average Bonchev–Trinajstić information content (AvgIpc) is 2.65. The predicted molar refractivity (Wildman–Crippen MR) is 108 cm³/mol. The van der Waals surface area contributed by atoms with Gasteiger partial charge in [-0.2, -0.15) is 0 Å². The first-order valence-corrected chi connectivity index (χ1v) is 9.35. The van der Waals surface area contributed by atoms with Gasteiger partial charge in [-0.3, -0.25) is 9.59 Å². The van der Waals surface area contributed by atoms with Gasteiger partial charge in [0.1, 0.15) is 5.82 Å². The molecule has 29 heavy (non-hydrogen) atoms. The normalized spacial score (nSPS) is 15.3. The Morgan fingerprint density at radius 1 is 1.17 bits per heavy atom. The first-order chi connectivity index (χ1) is 13.8. The maximum Gasteiger partial charge on any atom is 0.319 e. The summed E-state index contributed by atoms with van der Waals surface area (Å²) >= 11 is 0. The maximum atomic E-state index is 13.4. The molecule has 1 aliphatic rings. The summed E-state index contributed by atoms with van der Waals surface area (Å²) in [7, 11) is 0. The van der Waals surface area contributed by atoms with Crippen molar-refractivity contribution in [2.45, 2.75) is 38.8 Å². The number of benzene rings is 2. The summed E-state index contributed by atoms with van der Waals surface area (Å²) in [5.41, 5.74) is 2.40. The van der Waals surface area contributed by atoms with E-state index < -0.39 is 11.7 Å². The average molecular weight is 398 g/mol. The number of amides is 4. The Bertz CT molecular complexity index is 928. The highest BCUT2D eigenvalue weighted by atomic mass is 19.1. The van der Waals surface area contributed by atoms with Crippen LogP contribution in [0.1, 0.15) is 37.3 Å². The summed E-state index contributed by atoms with van der Waals surface area (Å²) in [5, 5.41) is 10.9. The highest BCUT2D eigenvalue weighted by Gasteiger charge is 2.30. The minimum absolute atomic E-state index is 0.0122. The van der Waals surface area contributed by atoms with Crippen molar-refractivity contribution in [3.8, 4) is 0 Å². The second-order valence-electron chi connectivity index (χ2n) is 7.20. The molecule has 0 saturated carbocycles. The fourth-order valence-corrected chi connectivity index (χ4v) is 3.12. The van der Waals surface area contributed by atoms with Crippen molar-refractivity contribution in [3.63, 3.8) is 0 Å². The molecular weight excluding hydrogens is 375 g/mol. The monoisotopic (exact) mass is 398 g/mol. The molecule has 0 aromatic heterocycles. The second-order valence-corrected chi connectivity index (χ2v) is 7.20. The number of hydrogen-bond acceptors (Lipinski definition) is 3. The van der Waals surface area contributed by atoms with Crippen LogP contribution in [0.2, 0.25) is 0 Å². The number of carbonyl (C=O) groups excluding carboxylic acids is 3. The van der Waals surface area contributed by atoms with Gasteiger partial charge in [0.15, 0.2) is 0 Å². The van der Waals surface area contributed by atoms with Crippen LogP contribution in [0.5, 0.6) is 0 Å². The van der Waals surface area contributed by atoms with E-state index in [1.807, 2.05) is 13.8 Å². The van der Waals surface area contributed by atoms with E-state index in [0.29, 0.717) is 16.9 Å². The molecule has 2 aromatic carbocycles.